The number of hydrogen-bond donors (Lipinski definition) is 0. The minimum atomic E-state index is 0.00752. The van der Waals surface area contributed by atoms with Crippen molar-refractivity contribution >= 4 is 11.6 Å². The Morgan fingerprint density at radius 1 is 1.62 bits per heavy atom. The summed E-state index contributed by atoms with van der Waals surface area (Å²) in [5.41, 5.74) is 1.15. The van der Waals surface area contributed by atoms with E-state index in [0.29, 0.717) is 12.5 Å². The third-order valence-electron chi connectivity index (χ3n) is 2.06. The van der Waals surface area contributed by atoms with E-state index in [1.54, 1.807) is 0 Å². The van der Waals surface area contributed by atoms with E-state index in [1.165, 1.54) is 6.42 Å². The molecule has 76 valence electrons. The smallest absolute Gasteiger partial charge is 0.157 e. The summed E-state index contributed by atoms with van der Waals surface area (Å²) in [6.07, 6.45) is 5.41. The van der Waals surface area contributed by atoms with Crippen LogP contribution in [0.4, 0.5) is 0 Å². The Bertz CT molecular complexity index is 162. The molecule has 0 aromatic carbocycles. The van der Waals surface area contributed by atoms with E-state index in [0.717, 1.165) is 25.0 Å². The Balaban J connectivity index is 2.10. The van der Waals surface area contributed by atoms with Crippen LogP contribution in [0.1, 0.15) is 26.2 Å². The van der Waals surface area contributed by atoms with Gasteiger partial charge in [0.05, 0.1) is 6.61 Å². The van der Waals surface area contributed by atoms with Crippen LogP contribution in [-0.4, -0.2) is 25.4 Å². The van der Waals surface area contributed by atoms with Crippen molar-refractivity contribution < 1.29 is 9.47 Å². The molecule has 0 spiro atoms. The van der Waals surface area contributed by atoms with Crippen molar-refractivity contribution in [1.82, 2.24) is 0 Å². The number of halogens is 1. The zero-order valence-corrected chi connectivity index (χ0v) is 8.85. The molecule has 0 aromatic rings. The Labute approximate surface area is 84.9 Å². The predicted octanol–water partition coefficient (Wildman–Crippen LogP) is 2.71. The van der Waals surface area contributed by atoms with E-state index in [4.69, 9.17) is 21.1 Å². The number of alkyl halides is 1. The summed E-state index contributed by atoms with van der Waals surface area (Å²) in [6, 6.07) is 0. The Morgan fingerprint density at radius 3 is 3.08 bits per heavy atom. The van der Waals surface area contributed by atoms with Crippen LogP contribution in [-0.2, 0) is 9.47 Å². The molecule has 1 heterocycles. The van der Waals surface area contributed by atoms with Crippen LogP contribution in [0.15, 0.2) is 11.6 Å². The molecule has 1 unspecified atom stereocenters. The quantitative estimate of drug-likeness (QED) is 0.518. The van der Waals surface area contributed by atoms with Crippen molar-refractivity contribution in [2.45, 2.75) is 32.5 Å². The first-order valence-electron chi connectivity index (χ1n) is 4.77. The van der Waals surface area contributed by atoms with Crippen LogP contribution < -0.4 is 0 Å². The first-order valence-corrected chi connectivity index (χ1v) is 5.31. The average Bonchev–Trinajstić information content (AvgIpc) is 2.19. The normalized spacial score (nSPS) is 24.8. The molecular weight excluding hydrogens is 188 g/mol. The highest BCUT2D eigenvalue weighted by atomic mass is 35.5. The van der Waals surface area contributed by atoms with Crippen LogP contribution in [0.25, 0.3) is 0 Å². The van der Waals surface area contributed by atoms with E-state index >= 15 is 0 Å². The van der Waals surface area contributed by atoms with Gasteiger partial charge in [-0.25, -0.2) is 0 Å². The molecule has 1 aliphatic rings. The molecule has 0 radical (unpaired) electrons. The summed E-state index contributed by atoms with van der Waals surface area (Å²) in [4.78, 5) is 0. The zero-order valence-electron chi connectivity index (χ0n) is 8.09. The summed E-state index contributed by atoms with van der Waals surface area (Å²) in [5.74, 6) is 0.578. The van der Waals surface area contributed by atoms with Gasteiger partial charge in [0.25, 0.3) is 0 Å². The van der Waals surface area contributed by atoms with Crippen molar-refractivity contribution in [1.29, 1.82) is 0 Å². The molecule has 1 rings (SSSR count). The lowest BCUT2D eigenvalue weighted by atomic mass is 10.2. The first-order chi connectivity index (χ1) is 6.33. The highest BCUT2D eigenvalue weighted by molar-refractivity contribution is 6.19. The van der Waals surface area contributed by atoms with Gasteiger partial charge in [-0.05, 0) is 26.2 Å². The van der Waals surface area contributed by atoms with Gasteiger partial charge in [-0.1, -0.05) is 11.6 Å². The molecule has 0 aromatic heterocycles. The topological polar surface area (TPSA) is 18.5 Å². The van der Waals surface area contributed by atoms with Crippen molar-refractivity contribution in [3.63, 3.8) is 0 Å². The molecular formula is C10H17ClO2. The standard InChI is InChI=1S/C10H17ClO2/c1-9(8-11)5-7-13-10-4-2-3-6-12-10/h5,10H,2-4,6-8H2,1H3. The summed E-state index contributed by atoms with van der Waals surface area (Å²) >= 11 is 5.62. The Kier molecular flexibility index (Phi) is 5.44. The highest BCUT2D eigenvalue weighted by Gasteiger charge is 2.12. The maximum atomic E-state index is 5.62. The second-order valence-electron chi connectivity index (χ2n) is 3.31. The number of ether oxygens (including phenoxy) is 2. The second-order valence-corrected chi connectivity index (χ2v) is 3.58. The van der Waals surface area contributed by atoms with Gasteiger partial charge < -0.3 is 9.47 Å². The van der Waals surface area contributed by atoms with Crippen molar-refractivity contribution in [2.24, 2.45) is 0 Å². The molecule has 13 heavy (non-hydrogen) atoms. The van der Waals surface area contributed by atoms with Crippen molar-refractivity contribution in [2.75, 3.05) is 19.1 Å². The summed E-state index contributed by atoms with van der Waals surface area (Å²) in [5, 5.41) is 0. The van der Waals surface area contributed by atoms with Crippen LogP contribution in [0.5, 0.6) is 0 Å². The monoisotopic (exact) mass is 204 g/mol. The van der Waals surface area contributed by atoms with E-state index in [2.05, 4.69) is 0 Å². The van der Waals surface area contributed by atoms with E-state index in [9.17, 15) is 0 Å². The average molecular weight is 205 g/mol. The number of rotatable bonds is 4. The van der Waals surface area contributed by atoms with Gasteiger partial charge in [-0.2, -0.15) is 0 Å². The van der Waals surface area contributed by atoms with E-state index in [-0.39, 0.29) is 6.29 Å². The largest absolute Gasteiger partial charge is 0.353 e. The van der Waals surface area contributed by atoms with Gasteiger partial charge in [-0.3, -0.25) is 0 Å². The number of allylic oxidation sites excluding steroid dienone is 1. The Hall–Kier alpha value is -0.0500. The molecule has 1 saturated heterocycles. The summed E-state index contributed by atoms with van der Waals surface area (Å²) in [6.45, 7) is 3.45. The lowest BCUT2D eigenvalue weighted by molar-refractivity contribution is -0.155. The molecule has 1 atom stereocenters. The molecule has 0 amide bonds. The minimum absolute atomic E-state index is 0.00752. The van der Waals surface area contributed by atoms with E-state index in [1.807, 2.05) is 13.0 Å². The molecule has 0 saturated carbocycles. The molecule has 1 aliphatic heterocycles. The van der Waals surface area contributed by atoms with Gasteiger partial charge in [0.1, 0.15) is 0 Å². The van der Waals surface area contributed by atoms with Crippen LogP contribution in [0.3, 0.4) is 0 Å². The van der Waals surface area contributed by atoms with E-state index < -0.39 is 0 Å². The van der Waals surface area contributed by atoms with Crippen molar-refractivity contribution in [3.8, 4) is 0 Å². The molecule has 2 nitrogen and oxygen atoms in total. The number of hydrogen-bond acceptors (Lipinski definition) is 2. The second kappa shape index (κ2) is 6.41. The SMILES string of the molecule is CC(=CCOC1CCCCO1)CCl. The minimum Gasteiger partial charge on any atom is -0.353 e. The van der Waals surface area contributed by atoms with Gasteiger partial charge in [0.2, 0.25) is 0 Å². The molecule has 3 heteroatoms. The lowest BCUT2D eigenvalue weighted by Gasteiger charge is -2.22. The fraction of sp³-hybridized carbons (Fsp3) is 0.800. The summed E-state index contributed by atoms with van der Waals surface area (Å²) < 4.78 is 10.9. The van der Waals surface area contributed by atoms with Gasteiger partial charge in [-0.15, -0.1) is 11.6 Å². The summed E-state index contributed by atoms with van der Waals surface area (Å²) in [7, 11) is 0. The fourth-order valence-electron chi connectivity index (χ4n) is 1.19. The van der Waals surface area contributed by atoms with Crippen LogP contribution in [0, 0.1) is 0 Å². The predicted molar refractivity (Wildman–Crippen MR) is 54.0 cm³/mol. The Morgan fingerprint density at radius 2 is 2.46 bits per heavy atom. The third-order valence-corrected chi connectivity index (χ3v) is 2.48. The zero-order chi connectivity index (χ0) is 9.52. The fourth-order valence-corrected chi connectivity index (χ4v) is 1.30. The molecule has 0 bridgehead atoms. The van der Waals surface area contributed by atoms with Crippen LogP contribution in [0.2, 0.25) is 0 Å². The van der Waals surface area contributed by atoms with Crippen molar-refractivity contribution in [3.05, 3.63) is 11.6 Å². The third kappa shape index (κ3) is 4.65. The molecule has 0 N–H and O–H groups in total. The van der Waals surface area contributed by atoms with Crippen LogP contribution >= 0.6 is 11.6 Å². The highest BCUT2D eigenvalue weighted by Crippen LogP contribution is 2.13. The molecule has 0 aliphatic carbocycles. The maximum Gasteiger partial charge on any atom is 0.157 e. The lowest BCUT2D eigenvalue weighted by Crippen LogP contribution is -2.22. The first kappa shape index (κ1) is 11.0. The van der Waals surface area contributed by atoms with Gasteiger partial charge in [0.15, 0.2) is 6.29 Å². The van der Waals surface area contributed by atoms with Gasteiger partial charge in [0, 0.05) is 12.5 Å². The van der Waals surface area contributed by atoms with Gasteiger partial charge >= 0.3 is 0 Å². The maximum absolute atomic E-state index is 5.62. The molecule has 1 fully saturated rings.